The third-order valence-electron chi connectivity index (χ3n) is 3.64. The Morgan fingerprint density at radius 1 is 1.20 bits per heavy atom. The third-order valence-corrected chi connectivity index (χ3v) is 4.14. The second kappa shape index (κ2) is 8.92. The van der Waals surface area contributed by atoms with E-state index >= 15 is 0 Å². The molecule has 25 heavy (non-hydrogen) atoms. The SMILES string of the molecule is CCN(CC(=O)Nc1ccc(Br)cc1F)Cc1ccc(OC)c(F)c1. The zero-order valence-corrected chi connectivity index (χ0v) is 15.6. The van der Waals surface area contributed by atoms with Crippen LogP contribution in [0.4, 0.5) is 14.5 Å². The molecule has 0 saturated heterocycles. The number of hydrogen-bond acceptors (Lipinski definition) is 3. The van der Waals surface area contributed by atoms with Crippen LogP contribution in [0, 0.1) is 11.6 Å². The number of halogens is 3. The molecule has 0 aliphatic carbocycles. The molecule has 0 heterocycles. The monoisotopic (exact) mass is 412 g/mol. The van der Waals surface area contributed by atoms with E-state index in [1.807, 2.05) is 11.8 Å². The van der Waals surface area contributed by atoms with Gasteiger partial charge in [0.25, 0.3) is 0 Å². The summed E-state index contributed by atoms with van der Waals surface area (Å²) in [4.78, 5) is 14.0. The first kappa shape index (κ1) is 19.3. The fourth-order valence-corrected chi connectivity index (χ4v) is 2.66. The average Bonchev–Trinajstić information content (AvgIpc) is 2.57. The predicted octanol–water partition coefficient (Wildman–Crippen LogP) is 4.20. The van der Waals surface area contributed by atoms with Gasteiger partial charge in [0, 0.05) is 11.0 Å². The highest BCUT2D eigenvalue weighted by Gasteiger charge is 2.13. The van der Waals surface area contributed by atoms with E-state index in [1.165, 1.54) is 25.3 Å². The number of likely N-dealkylation sites (N-methyl/N-ethyl adjacent to an activating group) is 1. The summed E-state index contributed by atoms with van der Waals surface area (Å²) in [5.74, 6) is -1.12. The van der Waals surface area contributed by atoms with Crippen molar-refractivity contribution in [3.05, 3.63) is 58.1 Å². The number of nitrogens with zero attached hydrogens (tertiary/aromatic N) is 1. The van der Waals surface area contributed by atoms with Crippen LogP contribution in [0.2, 0.25) is 0 Å². The lowest BCUT2D eigenvalue weighted by atomic mass is 10.2. The van der Waals surface area contributed by atoms with Crippen molar-refractivity contribution in [1.82, 2.24) is 4.90 Å². The third kappa shape index (κ3) is 5.51. The molecule has 0 bridgehead atoms. The number of amides is 1. The molecular formula is C18H19BrF2N2O2. The number of rotatable bonds is 7. The summed E-state index contributed by atoms with van der Waals surface area (Å²) in [6.07, 6.45) is 0. The van der Waals surface area contributed by atoms with E-state index in [0.717, 1.165) is 5.56 Å². The molecule has 0 atom stereocenters. The Morgan fingerprint density at radius 2 is 1.96 bits per heavy atom. The molecule has 0 radical (unpaired) electrons. The fourth-order valence-electron chi connectivity index (χ4n) is 2.33. The minimum atomic E-state index is -0.511. The van der Waals surface area contributed by atoms with Gasteiger partial charge in [0.2, 0.25) is 5.91 Å². The Morgan fingerprint density at radius 3 is 2.56 bits per heavy atom. The number of hydrogen-bond donors (Lipinski definition) is 1. The van der Waals surface area contributed by atoms with E-state index in [1.54, 1.807) is 18.2 Å². The van der Waals surface area contributed by atoms with Crippen LogP contribution in [0.1, 0.15) is 12.5 Å². The summed E-state index contributed by atoms with van der Waals surface area (Å²) in [7, 11) is 1.40. The second-order valence-corrected chi connectivity index (χ2v) is 6.36. The maximum Gasteiger partial charge on any atom is 0.238 e. The number of carbonyl (C=O) groups excluding carboxylic acids is 1. The molecule has 4 nitrogen and oxygen atoms in total. The molecule has 0 spiro atoms. The molecule has 0 unspecified atom stereocenters. The van der Waals surface area contributed by atoms with Crippen molar-refractivity contribution in [1.29, 1.82) is 0 Å². The van der Waals surface area contributed by atoms with Crippen molar-refractivity contribution in [2.75, 3.05) is 25.5 Å². The first-order valence-electron chi connectivity index (χ1n) is 7.72. The number of carbonyl (C=O) groups is 1. The Labute approximate surface area is 153 Å². The van der Waals surface area contributed by atoms with Crippen molar-refractivity contribution < 1.29 is 18.3 Å². The average molecular weight is 413 g/mol. The molecular weight excluding hydrogens is 394 g/mol. The molecule has 0 aromatic heterocycles. The van der Waals surface area contributed by atoms with Gasteiger partial charge in [0.15, 0.2) is 11.6 Å². The maximum absolute atomic E-state index is 13.8. The molecule has 0 saturated carbocycles. The Hall–Kier alpha value is -1.99. The zero-order valence-electron chi connectivity index (χ0n) is 14.0. The van der Waals surface area contributed by atoms with E-state index in [2.05, 4.69) is 21.2 Å². The van der Waals surface area contributed by atoms with Crippen LogP contribution in [0.3, 0.4) is 0 Å². The Kier molecular flexibility index (Phi) is 6.90. The van der Waals surface area contributed by atoms with Crippen molar-refractivity contribution in [3.8, 4) is 5.75 Å². The molecule has 2 aromatic rings. The first-order valence-corrected chi connectivity index (χ1v) is 8.52. The Bertz CT molecular complexity index is 756. The molecule has 0 aliphatic rings. The molecule has 1 amide bonds. The molecule has 0 aliphatic heterocycles. The largest absolute Gasteiger partial charge is 0.494 e. The van der Waals surface area contributed by atoms with Gasteiger partial charge < -0.3 is 10.1 Å². The number of methoxy groups -OCH3 is 1. The molecule has 0 fully saturated rings. The van der Waals surface area contributed by atoms with Gasteiger partial charge in [-0.3, -0.25) is 9.69 Å². The highest BCUT2D eigenvalue weighted by atomic mass is 79.9. The summed E-state index contributed by atoms with van der Waals surface area (Å²) in [6, 6.07) is 9.11. The smallest absolute Gasteiger partial charge is 0.238 e. The molecule has 134 valence electrons. The maximum atomic E-state index is 13.8. The van der Waals surface area contributed by atoms with Crippen LogP contribution in [0.5, 0.6) is 5.75 Å². The number of ether oxygens (including phenoxy) is 1. The van der Waals surface area contributed by atoms with Crippen LogP contribution < -0.4 is 10.1 Å². The summed E-state index contributed by atoms with van der Waals surface area (Å²) in [5.41, 5.74) is 0.850. The first-order chi connectivity index (χ1) is 11.9. The summed E-state index contributed by atoms with van der Waals surface area (Å²) in [6.45, 7) is 2.95. The van der Waals surface area contributed by atoms with Gasteiger partial charge in [-0.15, -0.1) is 0 Å². The van der Waals surface area contributed by atoms with Gasteiger partial charge in [-0.2, -0.15) is 0 Å². The normalized spacial score (nSPS) is 10.8. The van der Waals surface area contributed by atoms with Crippen LogP contribution in [0.25, 0.3) is 0 Å². The highest BCUT2D eigenvalue weighted by Crippen LogP contribution is 2.20. The van der Waals surface area contributed by atoms with Crippen molar-refractivity contribution in [3.63, 3.8) is 0 Å². The van der Waals surface area contributed by atoms with Crippen LogP contribution in [-0.2, 0) is 11.3 Å². The summed E-state index contributed by atoms with van der Waals surface area (Å²) < 4.78 is 33.0. The van der Waals surface area contributed by atoms with Gasteiger partial charge in [-0.05, 0) is 42.4 Å². The minimum Gasteiger partial charge on any atom is -0.494 e. The molecule has 1 N–H and O–H groups in total. The van der Waals surface area contributed by atoms with E-state index < -0.39 is 11.6 Å². The van der Waals surface area contributed by atoms with E-state index in [9.17, 15) is 13.6 Å². The van der Waals surface area contributed by atoms with Crippen molar-refractivity contribution in [2.45, 2.75) is 13.5 Å². The van der Waals surface area contributed by atoms with Crippen molar-refractivity contribution in [2.24, 2.45) is 0 Å². The van der Waals surface area contributed by atoms with Crippen molar-refractivity contribution >= 4 is 27.5 Å². The van der Waals surface area contributed by atoms with Crippen LogP contribution >= 0.6 is 15.9 Å². The molecule has 2 rings (SSSR count). The lowest BCUT2D eigenvalue weighted by Gasteiger charge is -2.20. The quantitative estimate of drug-likeness (QED) is 0.740. The van der Waals surface area contributed by atoms with E-state index in [0.29, 0.717) is 17.6 Å². The zero-order chi connectivity index (χ0) is 18.4. The highest BCUT2D eigenvalue weighted by molar-refractivity contribution is 9.10. The molecule has 2 aromatic carbocycles. The minimum absolute atomic E-state index is 0.0691. The van der Waals surface area contributed by atoms with E-state index in [4.69, 9.17) is 4.74 Å². The lowest BCUT2D eigenvalue weighted by molar-refractivity contribution is -0.117. The topological polar surface area (TPSA) is 41.6 Å². The van der Waals surface area contributed by atoms with Gasteiger partial charge >= 0.3 is 0 Å². The van der Waals surface area contributed by atoms with Gasteiger partial charge in [-0.1, -0.05) is 28.9 Å². The fraction of sp³-hybridized carbons (Fsp3) is 0.278. The Balaban J connectivity index is 1.98. The standard InChI is InChI=1S/C18H19BrF2N2O2/c1-3-23(10-12-4-7-17(25-2)15(21)8-12)11-18(24)22-16-6-5-13(19)9-14(16)20/h4-9H,3,10-11H2,1-2H3,(H,22,24). The van der Waals surface area contributed by atoms with Gasteiger partial charge in [-0.25, -0.2) is 8.78 Å². The van der Waals surface area contributed by atoms with Gasteiger partial charge in [0.05, 0.1) is 19.3 Å². The van der Waals surface area contributed by atoms with Gasteiger partial charge in [0.1, 0.15) is 5.82 Å². The predicted molar refractivity (Wildman–Crippen MR) is 96.6 cm³/mol. The van der Waals surface area contributed by atoms with Crippen LogP contribution in [0.15, 0.2) is 40.9 Å². The number of anilines is 1. The van der Waals surface area contributed by atoms with E-state index in [-0.39, 0.29) is 23.9 Å². The lowest BCUT2D eigenvalue weighted by Crippen LogP contribution is -2.33. The molecule has 7 heteroatoms. The second-order valence-electron chi connectivity index (χ2n) is 5.44. The summed E-state index contributed by atoms with van der Waals surface area (Å²) in [5, 5.41) is 2.55. The number of nitrogens with one attached hydrogen (secondary N) is 1. The number of benzene rings is 2. The summed E-state index contributed by atoms with van der Waals surface area (Å²) >= 11 is 3.17. The van der Waals surface area contributed by atoms with Crippen LogP contribution in [-0.4, -0.2) is 31.0 Å².